The van der Waals surface area contributed by atoms with Gasteiger partial charge in [-0.15, -0.1) is 0 Å². The molecule has 2 rings (SSSR count). The highest BCUT2D eigenvalue weighted by atomic mass is 16.5. The molecule has 0 saturated carbocycles. The van der Waals surface area contributed by atoms with E-state index in [1.54, 1.807) is 0 Å². The van der Waals surface area contributed by atoms with Crippen LogP contribution in [0.15, 0.2) is 18.2 Å². The van der Waals surface area contributed by atoms with Gasteiger partial charge in [0.1, 0.15) is 5.75 Å². The number of anilines is 1. The van der Waals surface area contributed by atoms with Crippen LogP contribution < -0.4 is 10.1 Å². The minimum atomic E-state index is -0.0313. The van der Waals surface area contributed by atoms with Gasteiger partial charge in [0, 0.05) is 6.42 Å². The van der Waals surface area contributed by atoms with Gasteiger partial charge in [-0.1, -0.05) is 6.07 Å². The lowest BCUT2D eigenvalue weighted by Crippen LogP contribution is -2.10. The second kappa shape index (κ2) is 4.67. The van der Waals surface area contributed by atoms with Gasteiger partial charge in [-0.25, -0.2) is 0 Å². The van der Waals surface area contributed by atoms with Crippen molar-refractivity contribution >= 4 is 11.6 Å². The SMILES string of the molecule is N#CCCc1ccc2c(c1)NC(=O)CCO2. The quantitative estimate of drug-likeness (QED) is 0.820. The number of nitriles is 1. The summed E-state index contributed by atoms with van der Waals surface area (Å²) in [6.07, 6.45) is 1.55. The molecular formula is C12H12N2O2. The number of hydrogen-bond acceptors (Lipinski definition) is 3. The molecule has 0 fully saturated rings. The van der Waals surface area contributed by atoms with Crippen molar-refractivity contribution in [2.75, 3.05) is 11.9 Å². The minimum Gasteiger partial charge on any atom is -0.491 e. The van der Waals surface area contributed by atoms with Crippen molar-refractivity contribution in [2.24, 2.45) is 0 Å². The van der Waals surface area contributed by atoms with Crippen LogP contribution in [0.4, 0.5) is 5.69 Å². The summed E-state index contributed by atoms with van der Waals surface area (Å²) in [4.78, 5) is 11.3. The molecule has 1 aromatic carbocycles. The molecule has 0 bridgehead atoms. The highest BCUT2D eigenvalue weighted by Gasteiger charge is 2.13. The Morgan fingerprint density at radius 3 is 3.19 bits per heavy atom. The van der Waals surface area contributed by atoms with Crippen LogP contribution in [0, 0.1) is 11.3 Å². The molecule has 1 aliphatic rings. The van der Waals surface area contributed by atoms with Gasteiger partial charge in [-0.05, 0) is 24.1 Å². The zero-order chi connectivity index (χ0) is 11.4. The van der Waals surface area contributed by atoms with E-state index in [0.717, 1.165) is 5.56 Å². The van der Waals surface area contributed by atoms with Crippen LogP contribution in [-0.4, -0.2) is 12.5 Å². The molecule has 0 atom stereocenters. The fourth-order valence-corrected chi connectivity index (χ4v) is 1.62. The lowest BCUT2D eigenvalue weighted by molar-refractivity contribution is -0.116. The van der Waals surface area contributed by atoms with Crippen LogP contribution in [0.1, 0.15) is 18.4 Å². The van der Waals surface area contributed by atoms with E-state index in [4.69, 9.17) is 10.00 Å². The van der Waals surface area contributed by atoms with Crippen molar-refractivity contribution in [3.05, 3.63) is 23.8 Å². The monoisotopic (exact) mass is 216 g/mol. The Hall–Kier alpha value is -2.02. The molecule has 16 heavy (non-hydrogen) atoms. The van der Waals surface area contributed by atoms with E-state index in [2.05, 4.69) is 11.4 Å². The highest BCUT2D eigenvalue weighted by Crippen LogP contribution is 2.28. The molecule has 4 nitrogen and oxygen atoms in total. The molecule has 4 heteroatoms. The molecule has 1 aromatic rings. The number of aryl methyl sites for hydroxylation is 1. The second-order valence-corrected chi connectivity index (χ2v) is 3.64. The second-order valence-electron chi connectivity index (χ2n) is 3.64. The van der Waals surface area contributed by atoms with Gasteiger partial charge in [-0.2, -0.15) is 5.26 Å². The van der Waals surface area contributed by atoms with Crippen LogP contribution >= 0.6 is 0 Å². The number of fused-ring (bicyclic) bond motifs is 1. The average molecular weight is 216 g/mol. The number of rotatable bonds is 2. The van der Waals surface area contributed by atoms with E-state index in [9.17, 15) is 4.79 Å². The summed E-state index contributed by atoms with van der Waals surface area (Å²) in [5.41, 5.74) is 1.74. The maximum absolute atomic E-state index is 11.3. The third-order valence-electron chi connectivity index (χ3n) is 2.43. The molecule has 1 amide bonds. The van der Waals surface area contributed by atoms with Crippen molar-refractivity contribution < 1.29 is 9.53 Å². The zero-order valence-electron chi connectivity index (χ0n) is 8.82. The van der Waals surface area contributed by atoms with E-state index in [1.807, 2.05) is 18.2 Å². The smallest absolute Gasteiger partial charge is 0.227 e. The average Bonchev–Trinajstić information content (AvgIpc) is 2.46. The standard InChI is InChI=1S/C12H12N2O2/c13-6-1-2-9-3-4-11-10(8-9)14-12(15)5-7-16-11/h3-4,8H,1-2,5,7H2,(H,14,15). The van der Waals surface area contributed by atoms with Crippen LogP contribution in [0.5, 0.6) is 5.75 Å². The van der Waals surface area contributed by atoms with Crippen molar-refractivity contribution in [3.8, 4) is 11.8 Å². The maximum atomic E-state index is 11.3. The molecular weight excluding hydrogens is 204 g/mol. The van der Waals surface area contributed by atoms with Gasteiger partial charge < -0.3 is 10.1 Å². The summed E-state index contributed by atoms with van der Waals surface area (Å²) in [5, 5.41) is 11.3. The van der Waals surface area contributed by atoms with Crippen LogP contribution in [0.2, 0.25) is 0 Å². The fraction of sp³-hybridized carbons (Fsp3) is 0.333. The normalized spacial score (nSPS) is 14.1. The molecule has 0 unspecified atom stereocenters. The lowest BCUT2D eigenvalue weighted by atomic mass is 10.1. The van der Waals surface area contributed by atoms with Gasteiger partial charge in [0.2, 0.25) is 5.91 Å². The zero-order valence-corrected chi connectivity index (χ0v) is 8.82. The topological polar surface area (TPSA) is 62.1 Å². The summed E-state index contributed by atoms with van der Waals surface area (Å²) in [6.45, 7) is 0.413. The van der Waals surface area contributed by atoms with Crippen LogP contribution in [0.3, 0.4) is 0 Å². The van der Waals surface area contributed by atoms with Gasteiger partial charge in [0.15, 0.2) is 0 Å². The molecule has 1 aliphatic heterocycles. The Bertz CT molecular complexity index is 449. The third kappa shape index (κ3) is 2.31. The largest absolute Gasteiger partial charge is 0.491 e. The summed E-state index contributed by atoms with van der Waals surface area (Å²) in [5.74, 6) is 0.669. The molecule has 0 aromatic heterocycles. The Morgan fingerprint density at radius 2 is 2.38 bits per heavy atom. The van der Waals surface area contributed by atoms with E-state index in [0.29, 0.717) is 37.3 Å². The molecule has 0 aliphatic carbocycles. The minimum absolute atomic E-state index is 0.0313. The molecule has 82 valence electrons. The first-order chi connectivity index (χ1) is 7.79. The number of hydrogen-bond donors (Lipinski definition) is 1. The Balaban J connectivity index is 2.23. The lowest BCUT2D eigenvalue weighted by Gasteiger charge is -2.08. The van der Waals surface area contributed by atoms with Crippen molar-refractivity contribution in [3.63, 3.8) is 0 Å². The number of carbonyl (C=O) groups is 1. The predicted octanol–water partition coefficient (Wildman–Crippen LogP) is 1.86. The van der Waals surface area contributed by atoms with Crippen molar-refractivity contribution in [1.82, 2.24) is 0 Å². The number of benzene rings is 1. The molecule has 0 saturated heterocycles. The molecule has 0 spiro atoms. The Labute approximate surface area is 93.8 Å². The van der Waals surface area contributed by atoms with Crippen LogP contribution in [0.25, 0.3) is 0 Å². The molecule has 1 N–H and O–H groups in total. The van der Waals surface area contributed by atoms with Gasteiger partial charge in [0.05, 0.1) is 24.8 Å². The summed E-state index contributed by atoms with van der Waals surface area (Å²) in [7, 11) is 0. The Morgan fingerprint density at radius 1 is 1.50 bits per heavy atom. The number of nitrogens with zero attached hydrogens (tertiary/aromatic N) is 1. The van der Waals surface area contributed by atoms with Gasteiger partial charge in [-0.3, -0.25) is 4.79 Å². The van der Waals surface area contributed by atoms with E-state index in [1.165, 1.54) is 0 Å². The van der Waals surface area contributed by atoms with Crippen molar-refractivity contribution in [2.45, 2.75) is 19.3 Å². The highest BCUT2D eigenvalue weighted by molar-refractivity contribution is 5.93. The number of nitrogens with one attached hydrogen (secondary N) is 1. The molecule has 0 radical (unpaired) electrons. The van der Waals surface area contributed by atoms with E-state index in [-0.39, 0.29) is 5.91 Å². The number of carbonyl (C=O) groups excluding carboxylic acids is 1. The first-order valence-electron chi connectivity index (χ1n) is 5.22. The van der Waals surface area contributed by atoms with E-state index >= 15 is 0 Å². The summed E-state index contributed by atoms with van der Waals surface area (Å²) >= 11 is 0. The summed E-state index contributed by atoms with van der Waals surface area (Å²) < 4.78 is 5.43. The van der Waals surface area contributed by atoms with Gasteiger partial charge in [0.25, 0.3) is 0 Å². The first kappa shape index (κ1) is 10.5. The Kier molecular flexibility index (Phi) is 3.06. The fourth-order valence-electron chi connectivity index (χ4n) is 1.62. The predicted molar refractivity (Wildman–Crippen MR) is 59.1 cm³/mol. The number of amides is 1. The van der Waals surface area contributed by atoms with Crippen LogP contribution in [-0.2, 0) is 11.2 Å². The van der Waals surface area contributed by atoms with Crippen molar-refractivity contribution in [1.29, 1.82) is 5.26 Å². The van der Waals surface area contributed by atoms with E-state index < -0.39 is 0 Å². The van der Waals surface area contributed by atoms with Gasteiger partial charge >= 0.3 is 0 Å². The summed E-state index contributed by atoms with van der Waals surface area (Å²) in [6, 6.07) is 7.73. The number of ether oxygens (including phenoxy) is 1. The maximum Gasteiger partial charge on any atom is 0.227 e. The first-order valence-corrected chi connectivity index (χ1v) is 5.22. The molecule has 1 heterocycles. The third-order valence-corrected chi connectivity index (χ3v) is 2.43.